The Morgan fingerprint density at radius 3 is 2.35 bits per heavy atom. The van der Waals surface area contributed by atoms with Gasteiger partial charge in [-0.2, -0.15) is 0 Å². The monoisotopic (exact) mass is 611 g/mol. The fourth-order valence-corrected chi connectivity index (χ4v) is 5.37. The molecule has 1 fully saturated rings. The highest BCUT2D eigenvalue weighted by atomic mass is 35.5. The van der Waals surface area contributed by atoms with E-state index in [-0.39, 0.29) is 24.0 Å². The molecule has 0 spiro atoms. The van der Waals surface area contributed by atoms with Crippen LogP contribution in [0.4, 0.5) is 5.69 Å². The van der Waals surface area contributed by atoms with Gasteiger partial charge in [0.05, 0.1) is 0 Å². The molecule has 0 unspecified atom stereocenters. The minimum Gasteiger partial charge on any atom is -0.478 e. The number of carboxylic acids is 2. The van der Waals surface area contributed by atoms with Gasteiger partial charge >= 0.3 is 17.5 Å². The second-order valence-corrected chi connectivity index (χ2v) is 12.2. The molecule has 12 heteroatoms. The van der Waals surface area contributed by atoms with E-state index in [1.165, 1.54) is 28.0 Å². The third-order valence-corrected chi connectivity index (χ3v) is 7.94. The van der Waals surface area contributed by atoms with Crippen molar-refractivity contribution in [2.45, 2.75) is 57.7 Å². The summed E-state index contributed by atoms with van der Waals surface area (Å²) in [5, 5.41) is 22.2. The zero-order valence-electron chi connectivity index (χ0n) is 24.3. The second kappa shape index (κ2) is 12.1. The number of rotatable bonds is 8. The first kappa shape index (κ1) is 31.6. The Balaban J connectivity index is 1.47. The first-order valence-electron chi connectivity index (χ1n) is 13.7. The van der Waals surface area contributed by atoms with Crippen LogP contribution in [0.2, 0.25) is 5.02 Å². The predicted molar refractivity (Wildman–Crippen MR) is 159 cm³/mol. The number of hydrogen-bond acceptors (Lipinski definition) is 6. The van der Waals surface area contributed by atoms with Gasteiger partial charge in [0.25, 0.3) is 0 Å². The number of carboxylic acid groups (broad SMARTS) is 2. The molecule has 0 saturated carbocycles. The van der Waals surface area contributed by atoms with Crippen LogP contribution in [0, 0.1) is 5.41 Å². The normalized spacial score (nSPS) is 18.1. The molecular weight excluding hydrogens is 578 g/mol. The molecule has 3 amide bonds. The minimum atomic E-state index is -2.40. The summed E-state index contributed by atoms with van der Waals surface area (Å²) < 4.78 is 5.26. The molecule has 2 aromatic carbocycles. The zero-order valence-corrected chi connectivity index (χ0v) is 25.1. The van der Waals surface area contributed by atoms with Gasteiger partial charge in [-0.15, -0.1) is 0 Å². The van der Waals surface area contributed by atoms with Crippen LogP contribution in [0.3, 0.4) is 0 Å². The zero-order chi connectivity index (χ0) is 31.7. The van der Waals surface area contributed by atoms with Gasteiger partial charge in [-0.05, 0) is 66.3 Å². The molecule has 2 aliphatic heterocycles. The quantitative estimate of drug-likeness (QED) is 0.303. The van der Waals surface area contributed by atoms with Crippen LogP contribution in [0.5, 0.6) is 5.75 Å². The van der Waals surface area contributed by atoms with Crippen LogP contribution in [0.15, 0.2) is 48.5 Å². The molecule has 0 bridgehead atoms. The first-order chi connectivity index (χ1) is 20.1. The molecule has 1 saturated heterocycles. The van der Waals surface area contributed by atoms with E-state index >= 15 is 0 Å². The van der Waals surface area contributed by atoms with Crippen molar-refractivity contribution in [1.29, 1.82) is 0 Å². The second-order valence-electron chi connectivity index (χ2n) is 11.8. The van der Waals surface area contributed by atoms with E-state index in [1.54, 1.807) is 43.4 Å². The van der Waals surface area contributed by atoms with Crippen LogP contribution in [-0.4, -0.2) is 76.1 Å². The van der Waals surface area contributed by atoms with Gasteiger partial charge in [-0.3, -0.25) is 14.4 Å². The number of fused-ring (bicyclic) bond motifs is 1. The molecule has 2 heterocycles. The molecule has 0 radical (unpaired) electrons. The number of amides is 3. The third kappa shape index (κ3) is 6.51. The number of nitrogens with one attached hydrogen (secondary N) is 1. The van der Waals surface area contributed by atoms with Gasteiger partial charge in [0.15, 0.2) is 0 Å². The Kier molecular flexibility index (Phi) is 8.87. The maximum absolute atomic E-state index is 13.8. The van der Waals surface area contributed by atoms with E-state index < -0.39 is 40.9 Å². The number of carbonyl (C=O) groups is 5. The number of aliphatic carboxylic acids is 2. The number of likely N-dealkylation sites (N-methyl/N-ethyl adjacent to an activating group) is 1. The minimum absolute atomic E-state index is 0.140. The Morgan fingerprint density at radius 2 is 1.74 bits per heavy atom. The highest BCUT2D eigenvalue weighted by molar-refractivity contribution is 6.30. The topological polar surface area (TPSA) is 154 Å². The largest absolute Gasteiger partial charge is 0.478 e. The lowest BCUT2D eigenvalue weighted by Crippen LogP contribution is -2.57. The predicted octanol–water partition coefficient (Wildman–Crippen LogP) is 3.38. The van der Waals surface area contributed by atoms with E-state index in [4.69, 9.17) is 16.3 Å². The number of benzene rings is 2. The lowest BCUT2D eigenvalue weighted by Gasteiger charge is -2.36. The number of hydrogen-bond donors (Lipinski definition) is 3. The van der Waals surface area contributed by atoms with Crippen LogP contribution in [0.25, 0.3) is 6.08 Å². The van der Waals surface area contributed by atoms with Crippen molar-refractivity contribution < 1.29 is 38.9 Å². The summed E-state index contributed by atoms with van der Waals surface area (Å²) in [6, 6.07) is 9.79. The van der Waals surface area contributed by atoms with Crippen molar-refractivity contribution in [2.24, 2.45) is 5.41 Å². The summed E-state index contributed by atoms with van der Waals surface area (Å²) in [6.45, 7) is 5.85. The van der Waals surface area contributed by atoms with E-state index in [2.05, 4.69) is 5.32 Å². The van der Waals surface area contributed by atoms with Gasteiger partial charge < -0.3 is 30.1 Å². The van der Waals surface area contributed by atoms with Crippen molar-refractivity contribution >= 4 is 53.0 Å². The Hall–Kier alpha value is -4.38. The van der Waals surface area contributed by atoms with Crippen molar-refractivity contribution in [2.75, 3.05) is 18.5 Å². The Bertz CT molecular complexity index is 1470. The maximum Gasteiger partial charge on any atom is 0.360 e. The molecule has 2 aliphatic rings. The average Bonchev–Trinajstić information content (AvgIpc) is 3.59. The molecule has 228 valence electrons. The number of halogens is 1. The fourth-order valence-electron chi connectivity index (χ4n) is 5.24. The van der Waals surface area contributed by atoms with E-state index in [0.717, 1.165) is 0 Å². The van der Waals surface area contributed by atoms with Crippen LogP contribution >= 0.6 is 11.6 Å². The SMILES string of the molecule is CN(C(=O)[C@@H]1CCCN1C(=O)[C@@H](NC(=O)/C=C/c1ccc2c(c1)CC(C(=O)O)(C(=O)O)O2)C(C)(C)C)c1ccc(Cl)cc1. The highest BCUT2D eigenvalue weighted by Crippen LogP contribution is 2.36. The molecular formula is C31H34ClN3O8. The average molecular weight is 612 g/mol. The molecule has 4 rings (SSSR count). The van der Waals surface area contributed by atoms with Gasteiger partial charge in [-0.25, -0.2) is 9.59 Å². The summed E-state index contributed by atoms with van der Waals surface area (Å²) in [6.07, 6.45) is 3.50. The summed E-state index contributed by atoms with van der Waals surface area (Å²) in [5.41, 5.74) is -1.54. The van der Waals surface area contributed by atoms with Crippen LogP contribution in [0.1, 0.15) is 44.7 Å². The van der Waals surface area contributed by atoms with Crippen molar-refractivity contribution in [1.82, 2.24) is 10.2 Å². The van der Waals surface area contributed by atoms with Crippen LogP contribution in [-0.2, 0) is 30.4 Å². The lowest BCUT2D eigenvalue weighted by molar-refractivity contribution is -0.170. The summed E-state index contributed by atoms with van der Waals surface area (Å²) >= 11 is 5.98. The Labute approximate surface area is 254 Å². The van der Waals surface area contributed by atoms with Gasteiger partial charge in [-0.1, -0.05) is 38.4 Å². The molecule has 2 atom stereocenters. The third-order valence-electron chi connectivity index (χ3n) is 7.69. The molecule has 11 nitrogen and oxygen atoms in total. The summed E-state index contributed by atoms with van der Waals surface area (Å²) in [4.78, 5) is 66.5. The smallest absolute Gasteiger partial charge is 0.360 e. The molecule has 3 N–H and O–H groups in total. The molecule has 2 aromatic rings. The Morgan fingerprint density at radius 1 is 1.09 bits per heavy atom. The first-order valence-corrected chi connectivity index (χ1v) is 14.1. The summed E-state index contributed by atoms with van der Waals surface area (Å²) in [7, 11) is 1.65. The van der Waals surface area contributed by atoms with E-state index in [9.17, 15) is 34.2 Å². The lowest BCUT2D eigenvalue weighted by atomic mass is 9.85. The van der Waals surface area contributed by atoms with Crippen molar-refractivity contribution in [3.05, 3.63) is 64.7 Å². The molecule has 43 heavy (non-hydrogen) atoms. The van der Waals surface area contributed by atoms with Crippen molar-refractivity contribution in [3.8, 4) is 5.75 Å². The number of ether oxygens (including phenoxy) is 1. The standard InChI is InChI=1S/C31H34ClN3O8/c1-30(2,3)25(27(38)35-15-5-6-22(35)26(37)34(4)21-11-9-20(32)10-12-21)33-24(36)14-8-18-7-13-23-19(16-18)17-31(43-23,28(39)40)29(41)42/h7-14,16,22,25H,5-6,15,17H2,1-4H3,(H,33,36)(H,39,40)(H,41,42)/b14-8+/t22-,25+/m0/s1. The summed E-state index contributed by atoms with van der Waals surface area (Å²) in [5.74, 6) is -4.21. The van der Waals surface area contributed by atoms with Crippen molar-refractivity contribution in [3.63, 3.8) is 0 Å². The van der Waals surface area contributed by atoms with E-state index in [1.807, 2.05) is 20.8 Å². The van der Waals surface area contributed by atoms with Gasteiger partial charge in [0, 0.05) is 42.4 Å². The van der Waals surface area contributed by atoms with Gasteiger partial charge in [0.1, 0.15) is 17.8 Å². The highest BCUT2D eigenvalue weighted by Gasteiger charge is 2.54. The number of anilines is 1. The number of likely N-dealkylation sites (tertiary alicyclic amines) is 1. The van der Waals surface area contributed by atoms with E-state index in [0.29, 0.717) is 41.2 Å². The van der Waals surface area contributed by atoms with Crippen LogP contribution < -0.4 is 15.0 Å². The molecule has 0 aromatic heterocycles. The molecule has 0 aliphatic carbocycles. The maximum atomic E-state index is 13.8. The van der Waals surface area contributed by atoms with Gasteiger partial charge in [0.2, 0.25) is 17.7 Å². The number of carbonyl (C=O) groups excluding carboxylic acids is 3. The number of nitrogens with zero attached hydrogens (tertiary/aromatic N) is 2. The fraction of sp³-hybridized carbons (Fsp3) is 0.387.